The van der Waals surface area contributed by atoms with E-state index in [2.05, 4.69) is 4.99 Å². The average molecular weight is 374 g/mol. The van der Waals surface area contributed by atoms with Gasteiger partial charge >= 0.3 is 0 Å². The highest BCUT2D eigenvalue weighted by atomic mass is 32.2. The second-order valence-electron chi connectivity index (χ2n) is 6.70. The van der Waals surface area contributed by atoms with Crippen molar-refractivity contribution in [2.24, 2.45) is 10.7 Å². The lowest BCUT2D eigenvalue weighted by atomic mass is 9.89. The summed E-state index contributed by atoms with van der Waals surface area (Å²) >= 11 is 0. The van der Waals surface area contributed by atoms with Gasteiger partial charge in [-0.25, -0.2) is 4.39 Å². The van der Waals surface area contributed by atoms with Gasteiger partial charge < -0.3 is 10.5 Å². The summed E-state index contributed by atoms with van der Waals surface area (Å²) in [7, 11) is -1.22. The third-order valence-electron chi connectivity index (χ3n) is 4.93. The van der Waals surface area contributed by atoms with Crippen LogP contribution in [0.15, 0.2) is 59.6 Å². The van der Waals surface area contributed by atoms with E-state index in [1.54, 1.807) is 24.5 Å². The van der Waals surface area contributed by atoms with Gasteiger partial charge in [-0.3, -0.25) is 9.20 Å². The highest BCUT2D eigenvalue weighted by molar-refractivity contribution is 7.86. The number of hydrogen-bond donors (Lipinski definition) is 1. The van der Waals surface area contributed by atoms with Gasteiger partial charge in [-0.2, -0.15) is 0 Å². The Balaban J connectivity index is 1.94. The van der Waals surface area contributed by atoms with Gasteiger partial charge in [0, 0.05) is 22.6 Å². The van der Waals surface area contributed by atoms with Crippen molar-refractivity contribution in [1.82, 2.24) is 0 Å². The highest BCUT2D eigenvalue weighted by Gasteiger charge is 2.44. The Morgan fingerprint density at radius 1 is 1.23 bits per heavy atom. The van der Waals surface area contributed by atoms with E-state index >= 15 is 0 Å². The molecule has 4 unspecified atom stereocenters. The number of ether oxygens (including phenoxy) is 1. The molecule has 1 heterocycles. The summed E-state index contributed by atoms with van der Waals surface area (Å²) < 4.78 is 32.0. The molecule has 3 rings (SSSR count). The van der Waals surface area contributed by atoms with Crippen LogP contribution < -0.4 is 5.73 Å². The van der Waals surface area contributed by atoms with Crippen LogP contribution in [0.3, 0.4) is 0 Å². The fourth-order valence-corrected chi connectivity index (χ4v) is 3.89. The lowest BCUT2D eigenvalue weighted by Crippen LogP contribution is -2.52. The van der Waals surface area contributed by atoms with Crippen LogP contribution in [0.1, 0.15) is 30.5 Å². The summed E-state index contributed by atoms with van der Waals surface area (Å²) in [6, 6.07) is 15.7. The second kappa shape index (κ2) is 7.68. The lowest BCUT2D eigenvalue weighted by Gasteiger charge is -2.39. The maximum absolute atomic E-state index is 14.4. The smallest absolute Gasteiger partial charge is 0.128 e. The summed E-state index contributed by atoms with van der Waals surface area (Å²) in [5.41, 5.74) is 7.60. The average Bonchev–Trinajstić information content (AvgIpc) is 2.63. The van der Waals surface area contributed by atoms with Crippen LogP contribution in [0.4, 0.5) is 4.39 Å². The third-order valence-corrected chi connectivity index (χ3v) is 6.57. The van der Waals surface area contributed by atoms with Gasteiger partial charge in [0.15, 0.2) is 0 Å². The maximum atomic E-state index is 14.4. The first-order valence-electron chi connectivity index (χ1n) is 8.49. The van der Waals surface area contributed by atoms with Gasteiger partial charge in [-0.15, -0.1) is 0 Å². The number of nitrogens with two attached hydrogens (primary N) is 1. The summed E-state index contributed by atoms with van der Waals surface area (Å²) in [5, 5.41) is 0. The first kappa shape index (κ1) is 18.7. The molecule has 0 spiro atoms. The van der Waals surface area contributed by atoms with E-state index in [0.717, 1.165) is 5.56 Å². The molecule has 0 radical (unpaired) electrons. The normalized spacial score (nSPS) is 27.0. The molecular weight excluding hydrogens is 351 g/mol. The maximum Gasteiger partial charge on any atom is 0.128 e. The van der Waals surface area contributed by atoms with Gasteiger partial charge in [-0.05, 0) is 25.0 Å². The van der Waals surface area contributed by atoms with Gasteiger partial charge in [-0.1, -0.05) is 48.5 Å². The predicted molar refractivity (Wildman–Crippen MR) is 103 cm³/mol. The van der Waals surface area contributed by atoms with Crippen molar-refractivity contribution in [3.63, 3.8) is 0 Å². The summed E-state index contributed by atoms with van der Waals surface area (Å²) in [4.78, 5) is 4.52. The molecule has 0 saturated carbocycles. The van der Waals surface area contributed by atoms with E-state index in [1.165, 1.54) is 6.07 Å². The zero-order valence-corrected chi connectivity index (χ0v) is 15.7. The van der Waals surface area contributed by atoms with Crippen molar-refractivity contribution in [3.8, 4) is 0 Å². The van der Waals surface area contributed by atoms with Crippen LogP contribution in [0, 0.1) is 5.82 Å². The molecule has 6 heteroatoms. The van der Waals surface area contributed by atoms with E-state index in [-0.39, 0.29) is 11.7 Å². The van der Waals surface area contributed by atoms with Gasteiger partial charge in [0.1, 0.15) is 22.4 Å². The van der Waals surface area contributed by atoms with E-state index in [9.17, 15) is 8.60 Å². The van der Waals surface area contributed by atoms with E-state index in [4.69, 9.17) is 10.5 Å². The van der Waals surface area contributed by atoms with E-state index in [0.29, 0.717) is 18.6 Å². The second-order valence-corrected chi connectivity index (χ2v) is 8.51. The van der Waals surface area contributed by atoms with Gasteiger partial charge in [0.05, 0.1) is 12.7 Å². The SMILES string of the molecule is CS(=O)C1(C)CC(OCc2ccccc2)C(c2ccccc2F)N=C1N. The van der Waals surface area contributed by atoms with Crippen LogP contribution >= 0.6 is 0 Å². The minimum absolute atomic E-state index is 0.283. The standard InChI is InChI=1S/C20H23FN2O2S/c1-20(26(2)24)12-17(25-13-14-8-4-3-5-9-14)18(23-19(20)22)15-10-6-7-11-16(15)21/h3-11,17-18H,12-13H2,1-2H3,(H2,22,23). The molecule has 4 nitrogen and oxygen atoms in total. The monoisotopic (exact) mass is 374 g/mol. The first-order chi connectivity index (χ1) is 12.4. The van der Waals surface area contributed by atoms with Gasteiger partial charge in [0.2, 0.25) is 0 Å². The first-order valence-corrected chi connectivity index (χ1v) is 10.0. The Kier molecular flexibility index (Phi) is 5.53. The number of benzene rings is 2. The Morgan fingerprint density at radius 2 is 1.88 bits per heavy atom. The molecule has 2 N–H and O–H groups in total. The Bertz CT molecular complexity index is 828. The molecule has 0 bridgehead atoms. The molecular formula is C20H23FN2O2S. The van der Waals surface area contributed by atoms with Crippen LogP contribution in [0.2, 0.25) is 0 Å². The van der Waals surface area contributed by atoms with Crippen molar-refractivity contribution in [2.45, 2.75) is 36.8 Å². The number of rotatable bonds is 5. The molecule has 0 aromatic heterocycles. The van der Waals surface area contributed by atoms with Crippen molar-refractivity contribution in [1.29, 1.82) is 0 Å². The predicted octanol–water partition coefficient (Wildman–Crippen LogP) is 3.35. The largest absolute Gasteiger partial charge is 0.386 e. The number of hydrogen-bond acceptors (Lipinski definition) is 4. The number of nitrogens with zero attached hydrogens (tertiary/aromatic N) is 1. The van der Waals surface area contributed by atoms with Crippen molar-refractivity contribution in [3.05, 3.63) is 71.5 Å². The van der Waals surface area contributed by atoms with E-state index in [1.807, 2.05) is 37.3 Å². The number of amidine groups is 1. The van der Waals surface area contributed by atoms with Crippen LogP contribution in [0.25, 0.3) is 0 Å². The van der Waals surface area contributed by atoms with Crippen LogP contribution in [-0.4, -0.2) is 27.2 Å². The molecule has 0 amide bonds. The molecule has 2 aromatic rings. The number of halogens is 1. The third kappa shape index (κ3) is 3.71. The zero-order chi connectivity index (χ0) is 18.7. The van der Waals surface area contributed by atoms with Crippen LogP contribution in [0.5, 0.6) is 0 Å². The summed E-state index contributed by atoms with van der Waals surface area (Å²) in [6.45, 7) is 2.19. The van der Waals surface area contributed by atoms with Gasteiger partial charge in [0.25, 0.3) is 0 Å². The molecule has 138 valence electrons. The summed E-state index contributed by atoms with van der Waals surface area (Å²) in [5.74, 6) is -0.0604. The molecule has 26 heavy (non-hydrogen) atoms. The van der Waals surface area contributed by atoms with Crippen LogP contribution in [-0.2, 0) is 22.1 Å². The molecule has 0 saturated heterocycles. The molecule has 1 aliphatic rings. The Labute approximate surface area is 155 Å². The molecule has 2 aromatic carbocycles. The summed E-state index contributed by atoms with van der Waals surface area (Å²) in [6.07, 6.45) is 1.60. The van der Waals surface area contributed by atoms with Crippen molar-refractivity contribution in [2.75, 3.05) is 6.26 Å². The van der Waals surface area contributed by atoms with Crippen molar-refractivity contribution < 1.29 is 13.3 Å². The minimum Gasteiger partial charge on any atom is -0.386 e. The molecule has 1 aliphatic heterocycles. The fourth-order valence-electron chi connectivity index (χ4n) is 3.15. The molecule has 4 atom stereocenters. The minimum atomic E-state index is -1.22. The molecule has 0 fully saturated rings. The topological polar surface area (TPSA) is 64.7 Å². The quantitative estimate of drug-likeness (QED) is 0.873. The fraction of sp³-hybridized carbons (Fsp3) is 0.350. The molecule has 0 aliphatic carbocycles. The highest BCUT2D eigenvalue weighted by Crippen LogP contribution is 2.38. The Hall–Kier alpha value is -2.05. The zero-order valence-electron chi connectivity index (χ0n) is 14.9. The lowest BCUT2D eigenvalue weighted by molar-refractivity contribution is 0.0111. The van der Waals surface area contributed by atoms with Crippen molar-refractivity contribution >= 4 is 16.6 Å². The Morgan fingerprint density at radius 3 is 2.54 bits per heavy atom. The number of aliphatic imine (C=N–C) groups is 1. The van der Waals surface area contributed by atoms with E-state index < -0.39 is 27.7 Å².